The van der Waals surface area contributed by atoms with E-state index in [2.05, 4.69) is 0 Å². The van der Waals surface area contributed by atoms with Gasteiger partial charge in [-0.25, -0.2) is 8.42 Å². The van der Waals surface area contributed by atoms with Gasteiger partial charge in [0.1, 0.15) is 0 Å². The molecule has 1 heterocycles. The zero-order chi connectivity index (χ0) is 11.9. The van der Waals surface area contributed by atoms with Crippen molar-refractivity contribution in [2.75, 3.05) is 6.54 Å². The fourth-order valence-corrected chi connectivity index (χ4v) is 4.47. The third-order valence-electron chi connectivity index (χ3n) is 3.52. The van der Waals surface area contributed by atoms with Crippen LogP contribution in [0.4, 0.5) is 0 Å². The first-order valence-electron chi connectivity index (χ1n) is 5.68. The molecular weight excluding hydrogens is 230 g/mol. The SMILES string of the molecule is C[C@@H]1[C@H](C(=O)O)CCCN1S(=O)(=O)C1CC1. The summed E-state index contributed by atoms with van der Waals surface area (Å²) in [7, 11) is -3.23. The van der Waals surface area contributed by atoms with Gasteiger partial charge in [0.15, 0.2) is 0 Å². The number of hydrogen-bond acceptors (Lipinski definition) is 3. The summed E-state index contributed by atoms with van der Waals surface area (Å²) >= 11 is 0. The van der Waals surface area contributed by atoms with Crippen LogP contribution in [-0.2, 0) is 14.8 Å². The number of rotatable bonds is 3. The van der Waals surface area contributed by atoms with Gasteiger partial charge >= 0.3 is 5.97 Å². The minimum Gasteiger partial charge on any atom is -0.481 e. The van der Waals surface area contributed by atoms with E-state index in [1.165, 1.54) is 4.31 Å². The Morgan fingerprint density at radius 2 is 1.94 bits per heavy atom. The molecule has 0 bridgehead atoms. The number of hydrogen-bond donors (Lipinski definition) is 1. The largest absolute Gasteiger partial charge is 0.481 e. The molecule has 2 rings (SSSR count). The summed E-state index contributed by atoms with van der Waals surface area (Å²) in [6.07, 6.45) is 2.67. The smallest absolute Gasteiger partial charge is 0.308 e. The van der Waals surface area contributed by atoms with Gasteiger partial charge in [0.2, 0.25) is 10.0 Å². The van der Waals surface area contributed by atoms with Crippen LogP contribution in [0.2, 0.25) is 0 Å². The highest BCUT2D eigenvalue weighted by atomic mass is 32.2. The first kappa shape index (κ1) is 11.9. The Bertz CT molecular complexity index is 388. The number of aliphatic carboxylic acids is 1. The number of carboxylic acid groups (broad SMARTS) is 1. The number of piperidine rings is 1. The van der Waals surface area contributed by atoms with Crippen molar-refractivity contribution >= 4 is 16.0 Å². The fraction of sp³-hybridized carbons (Fsp3) is 0.900. The van der Waals surface area contributed by atoms with E-state index in [0.717, 1.165) is 12.8 Å². The van der Waals surface area contributed by atoms with Crippen LogP contribution < -0.4 is 0 Å². The molecule has 2 aliphatic rings. The third-order valence-corrected chi connectivity index (χ3v) is 6.00. The highest BCUT2D eigenvalue weighted by Crippen LogP contribution is 2.35. The Balaban J connectivity index is 2.18. The maximum absolute atomic E-state index is 12.1. The van der Waals surface area contributed by atoms with Gasteiger partial charge in [0.25, 0.3) is 0 Å². The van der Waals surface area contributed by atoms with Crippen molar-refractivity contribution in [3.05, 3.63) is 0 Å². The Hall–Kier alpha value is -0.620. The number of sulfonamides is 1. The predicted molar refractivity (Wildman–Crippen MR) is 58.5 cm³/mol. The highest BCUT2D eigenvalue weighted by Gasteiger charge is 2.45. The molecule has 2 atom stereocenters. The monoisotopic (exact) mass is 247 g/mol. The lowest BCUT2D eigenvalue weighted by Gasteiger charge is -2.36. The van der Waals surface area contributed by atoms with Crippen molar-refractivity contribution in [3.8, 4) is 0 Å². The van der Waals surface area contributed by atoms with Crippen LogP contribution in [0.15, 0.2) is 0 Å². The average Bonchev–Trinajstić information content (AvgIpc) is 3.00. The Labute approximate surface area is 95.5 Å². The van der Waals surface area contributed by atoms with E-state index in [0.29, 0.717) is 19.4 Å². The van der Waals surface area contributed by atoms with Gasteiger partial charge in [0, 0.05) is 12.6 Å². The minimum atomic E-state index is -3.23. The second-order valence-corrected chi connectivity index (χ2v) is 6.85. The maximum atomic E-state index is 12.1. The molecule has 0 aromatic carbocycles. The first-order valence-corrected chi connectivity index (χ1v) is 7.18. The molecule has 1 saturated carbocycles. The lowest BCUT2D eigenvalue weighted by molar-refractivity contribution is -0.144. The van der Waals surface area contributed by atoms with E-state index in [9.17, 15) is 13.2 Å². The van der Waals surface area contributed by atoms with Gasteiger partial charge in [-0.1, -0.05) is 0 Å². The summed E-state index contributed by atoms with van der Waals surface area (Å²) in [6, 6.07) is -0.406. The molecule has 0 unspecified atom stereocenters. The van der Waals surface area contributed by atoms with Crippen molar-refractivity contribution in [1.29, 1.82) is 0 Å². The van der Waals surface area contributed by atoms with E-state index < -0.39 is 28.0 Å². The normalized spacial score (nSPS) is 32.6. The third kappa shape index (κ3) is 1.96. The molecule has 1 aliphatic carbocycles. The van der Waals surface area contributed by atoms with Crippen LogP contribution in [0, 0.1) is 5.92 Å². The minimum absolute atomic E-state index is 0.248. The fourth-order valence-electron chi connectivity index (χ4n) is 2.36. The summed E-state index contributed by atoms with van der Waals surface area (Å²) in [5.41, 5.74) is 0. The Morgan fingerprint density at radius 3 is 2.44 bits per heavy atom. The first-order chi connectivity index (χ1) is 7.44. The van der Waals surface area contributed by atoms with E-state index in [1.807, 2.05) is 0 Å². The van der Waals surface area contributed by atoms with Crippen molar-refractivity contribution in [2.24, 2.45) is 5.92 Å². The van der Waals surface area contributed by atoms with Gasteiger partial charge in [-0.2, -0.15) is 4.31 Å². The molecular formula is C10H17NO4S. The molecule has 1 aliphatic heterocycles. The van der Waals surface area contributed by atoms with E-state index in [1.54, 1.807) is 6.92 Å². The molecule has 1 saturated heterocycles. The number of carboxylic acids is 1. The van der Waals surface area contributed by atoms with Gasteiger partial charge in [-0.3, -0.25) is 4.79 Å². The second kappa shape index (κ2) is 4.00. The molecule has 6 heteroatoms. The van der Waals surface area contributed by atoms with Gasteiger partial charge in [0.05, 0.1) is 11.2 Å². The van der Waals surface area contributed by atoms with Crippen molar-refractivity contribution < 1.29 is 18.3 Å². The van der Waals surface area contributed by atoms with Crippen LogP contribution in [0.25, 0.3) is 0 Å². The van der Waals surface area contributed by atoms with Crippen LogP contribution in [0.1, 0.15) is 32.6 Å². The van der Waals surface area contributed by atoms with Crippen LogP contribution in [0.3, 0.4) is 0 Å². The van der Waals surface area contributed by atoms with E-state index in [4.69, 9.17) is 5.11 Å². The van der Waals surface area contributed by atoms with E-state index in [-0.39, 0.29) is 5.25 Å². The molecule has 0 aromatic heterocycles. The van der Waals surface area contributed by atoms with E-state index >= 15 is 0 Å². The lowest BCUT2D eigenvalue weighted by atomic mass is 9.92. The number of carbonyl (C=O) groups is 1. The van der Waals surface area contributed by atoms with Crippen molar-refractivity contribution in [3.63, 3.8) is 0 Å². The summed E-state index contributed by atoms with van der Waals surface area (Å²) < 4.78 is 25.5. The molecule has 0 radical (unpaired) electrons. The average molecular weight is 247 g/mol. The van der Waals surface area contributed by atoms with Gasteiger partial charge in [-0.15, -0.1) is 0 Å². The van der Waals surface area contributed by atoms with Gasteiger partial charge in [-0.05, 0) is 32.6 Å². The van der Waals surface area contributed by atoms with Crippen molar-refractivity contribution in [1.82, 2.24) is 4.31 Å². The summed E-state index contributed by atoms with van der Waals surface area (Å²) in [4.78, 5) is 11.0. The topological polar surface area (TPSA) is 74.7 Å². The Morgan fingerprint density at radius 1 is 1.31 bits per heavy atom. The highest BCUT2D eigenvalue weighted by molar-refractivity contribution is 7.90. The zero-order valence-electron chi connectivity index (χ0n) is 9.30. The number of nitrogens with zero attached hydrogens (tertiary/aromatic N) is 1. The second-order valence-electron chi connectivity index (χ2n) is 4.68. The maximum Gasteiger partial charge on any atom is 0.308 e. The van der Waals surface area contributed by atoms with Crippen LogP contribution in [-0.4, -0.2) is 41.6 Å². The molecule has 0 amide bonds. The molecule has 1 N–H and O–H groups in total. The zero-order valence-corrected chi connectivity index (χ0v) is 10.1. The lowest BCUT2D eigenvalue weighted by Crippen LogP contribution is -2.50. The summed E-state index contributed by atoms with van der Waals surface area (Å²) in [6.45, 7) is 2.18. The van der Waals surface area contributed by atoms with Gasteiger partial charge < -0.3 is 5.11 Å². The molecule has 16 heavy (non-hydrogen) atoms. The Kier molecular flexibility index (Phi) is 2.96. The summed E-state index contributed by atoms with van der Waals surface area (Å²) in [5, 5.41) is 8.78. The standard InChI is InChI=1S/C10H17NO4S/c1-7-9(10(12)13)3-2-6-11(7)16(14,15)8-4-5-8/h7-9H,2-6H2,1H3,(H,12,13)/t7-,9-/m1/s1. The molecule has 0 spiro atoms. The quantitative estimate of drug-likeness (QED) is 0.795. The molecule has 92 valence electrons. The van der Waals surface area contributed by atoms with Crippen LogP contribution in [0.5, 0.6) is 0 Å². The molecule has 0 aromatic rings. The van der Waals surface area contributed by atoms with Crippen LogP contribution >= 0.6 is 0 Å². The summed E-state index contributed by atoms with van der Waals surface area (Å²) in [5.74, 6) is -1.44. The van der Waals surface area contributed by atoms with Crippen molar-refractivity contribution in [2.45, 2.75) is 43.9 Å². The molecule has 5 nitrogen and oxygen atoms in total. The molecule has 2 fully saturated rings. The predicted octanol–water partition coefficient (Wildman–Crippen LogP) is 0.664.